The summed E-state index contributed by atoms with van der Waals surface area (Å²) in [4.78, 5) is 15.6. The summed E-state index contributed by atoms with van der Waals surface area (Å²) in [5.74, 6) is 0.730. The number of hydrogen-bond donors (Lipinski definition) is 2. The van der Waals surface area contributed by atoms with E-state index in [0.29, 0.717) is 13.2 Å². The first-order chi connectivity index (χ1) is 15.5. The Bertz CT molecular complexity index is 1320. The zero-order valence-electron chi connectivity index (χ0n) is 18.0. The van der Waals surface area contributed by atoms with Crippen LogP contribution < -0.4 is 10.1 Å². The van der Waals surface area contributed by atoms with E-state index in [9.17, 15) is 4.79 Å². The van der Waals surface area contributed by atoms with Gasteiger partial charge in [0, 0.05) is 41.5 Å². The lowest BCUT2D eigenvalue weighted by Gasteiger charge is -2.14. The molecule has 0 spiro atoms. The lowest BCUT2D eigenvalue weighted by atomic mass is 9.95. The predicted octanol–water partition coefficient (Wildman–Crippen LogP) is 5.67. The Kier molecular flexibility index (Phi) is 5.05. The number of pyridine rings is 1. The van der Waals surface area contributed by atoms with Crippen molar-refractivity contribution in [2.75, 3.05) is 11.9 Å². The Morgan fingerprint density at radius 2 is 2.06 bits per heavy atom. The topological polar surface area (TPSA) is 84.6 Å². The van der Waals surface area contributed by atoms with E-state index in [4.69, 9.17) is 14.3 Å². The Balaban J connectivity index is 1.39. The van der Waals surface area contributed by atoms with E-state index in [-0.39, 0.29) is 12.3 Å². The molecule has 3 heterocycles. The van der Waals surface area contributed by atoms with Crippen molar-refractivity contribution in [3.8, 4) is 16.9 Å². The minimum Gasteiger partial charge on any atom is -0.493 e. The molecule has 0 amide bonds. The summed E-state index contributed by atoms with van der Waals surface area (Å²) in [6, 6.07) is 16.0. The van der Waals surface area contributed by atoms with Gasteiger partial charge in [-0.3, -0.25) is 9.78 Å². The average Bonchev–Trinajstić information content (AvgIpc) is 3.32. The van der Waals surface area contributed by atoms with E-state index >= 15 is 0 Å². The molecule has 2 aromatic heterocycles. The summed E-state index contributed by atoms with van der Waals surface area (Å²) >= 11 is 0. The number of rotatable bonds is 6. The molecule has 2 aromatic carbocycles. The smallest absolute Gasteiger partial charge is 0.304 e. The van der Waals surface area contributed by atoms with Crippen LogP contribution in [0.15, 0.2) is 59.1 Å². The van der Waals surface area contributed by atoms with Gasteiger partial charge in [-0.1, -0.05) is 24.3 Å². The van der Waals surface area contributed by atoms with Gasteiger partial charge in [-0.25, -0.2) is 0 Å². The maximum Gasteiger partial charge on any atom is 0.304 e. The molecule has 6 heteroatoms. The van der Waals surface area contributed by atoms with Crippen LogP contribution in [0.5, 0.6) is 5.75 Å². The predicted molar refractivity (Wildman–Crippen MR) is 123 cm³/mol. The van der Waals surface area contributed by atoms with Gasteiger partial charge in [0.1, 0.15) is 17.0 Å². The summed E-state index contributed by atoms with van der Waals surface area (Å²) in [7, 11) is 0. The zero-order valence-corrected chi connectivity index (χ0v) is 18.0. The van der Waals surface area contributed by atoms with E-state index < -0.39 is 5.97 Å². The number of anilines is 1. The number of nitrogens with one attached hydrogen (secondary N) is 1. The number of ether oxygens (including phenoxy) is 1. The molecule has 0 bridgehead atoms. The SMILES string of the molecule is Cc1oc2cccnc2c1-c1cccc(CNc2ccc3c(c2)OCC3CC(=O)O)c1C. The Morgan fingerprint density at radius 1 is 1.19 bits per heavy atom. The van der Waals surface area contributed by atoms with Gasteiger partial charge in [0.25, 0.3) is 0 Å². The fraction of sp³-hybridized carbons (Fsp3) is 0.231. The molecule has 1 atom stereocenters. The molecule has 0 radical (unpaired) electrons. The van der Waals surface area contributed by atoms with Gasteiger partial charge in [-0.2, -0.15) is 0 Å². The van der Waals surface area contributed by atoms with Crippen LogP contribution in [-0.4, -0.2) is 22.7 Å². The zero-order chi connectivity index (χ0) is 22.2. The molecule has 1 unspecified atom stereocenters. The first-order valence-corrected chi connectivity index (χ1v) is 10.7. The molecule has 162 valence electrons. The standard InChI is InChI=1S/C26H24N2O4/c1-15-17(5-3-6-20(15)25-16(2)32-22-7-4-10-27-26(22)25)13-28-19-8-9-21-18(11-24(29)30)14-31-23(21)12-19/h3-10,12,18,28H,11,13-14H2,1-2H3,(H,29,30). The monoisotopic (exact) mass is 428 g/mol. The van der Waals surface area contributed by atoms with Gasteiger partial charge in [-0.15, -0.1) is 0 Å². The van der Waals surface area contributed by atoms with Gasteiger partial charge in [0.2, 0.25) is 0 Å². The van der Waals surface area contributed by atoms with Crippen LogP contribution >= 0.6 is 0 Å². The maximum absolute atomic E-state index is 11.1. The van der Waals surface area contributed by atoms with Crippen LogP contribution in [0, 0.1) is 13.8 Å². The Hall–Kier alpha value is -3.80. The Morgan fingerprint density at radius 3 is 2.91 bits per heavy atom. The minimum atomic E-state index is -0.806. The van der Waals surface area contributed by atoms with Gasteiger partial charge in [-0.05, 0) is 48.7 Å². The molecule has 2 N–H and O–H groups in total. The van der Waals surface area contributed by atoms with Crippen molar-refractivity contribution in [3.63, 3.8) is 0 Å². The molecule has 0 saturated heterocycles. The van der Waals surface area contributed by atoms with E-state index in [1.807, 2.05) is 37.3 Å². The third-order valence-corrected chi connectivity index (χ3v) is 6.14. The van der Waals surface area contributed by atoms with E-state index in [1.165, 1.54) is 11.1 Å². The molecule has 1 aliphatic heterocycles. The summed E-state index contributed by atoms with van der Waals surface area (Å²) in [5, 5.41) is 12.6. The number of aryl methyl sites for hydroxylation is 1. The summed E-state index contributed by atoms with van der Waals surface area (Å²) < 4.78 is 11.7. The first kappa shape index (κ1) is 20.1. The van der Waals surface area contributed by atoms with Crippen LogP contribution in [0.1, 0.15) is 34.8 Å². The summed E-state index contributed by atoms with van der Waals surface area (Å²) in [5.41, 5.74) is 8.09. The highest BCUT2D eigenvalue weighted by Gasteiger charge is 2.26. The number of aliphatic carboxylic acids is 1. The highest BCUT2D eigenvalue weighted by Crippen LogP contribution is 2.38. The number of hydrogen-bond acceptors (Lipinski definition) is 5. The van der Waals surface area contributed by atoms with Gasteiger partial charge < -0.3 is 19.6 Å². The molecular weight excluding hydrogens is 404 g/mol. The number of fused-ring (bicyclic) bond motifs is 2. The van der Waals surface area contributed by atoms with Crippen molar-refractivity contribution in [3.05, 3.63) is 77.2 Å². The number of benzene rings is 2. The van der Waals surface area contributed by atoms with Crippen molar-refractivity contribution >= 4 is 22.8 Å². The lowest BCUT2D eigenvalue weighted by molar-refractivity contribution is -0.137. The fourth-order valence-electron chi connectivity index (χ4n) is 4.47. The van der Waals surface area contributed by atoms with Crippen molar-refractivity contribution in [1.29, 1.82) is 0 Å². The molecule has 1 aliphatic rings. The van der Waals surface area contributed by atoms with E-state index in [0.717, 1.165) is 45.0 Å². The molecule has 6 nitrogen and oxygen atoms in total. The van der Waals surface area contributed by atoms with Crippen LogP contribution in [-0.2, 0) is 11.3 Å². The molecule has 0 saturated carbocycles. The van der Waals surface area contributed by atoms with Crippen LogP contribution in [0.2, 0.25) is 0 Å². The van der Waals surface area contributed by atoms with Gasteiger partial charge in [0.05, 0.1) is 13.0 Å². The number of furan rings is 1. The number of aromatic nitrogens is 1. The second-order valence-corrected chi connectivity index (χ2v) is 8.19. The summed E-state index contributed by atoms with van der Waals surface area (Å²) in [6.45, 7) is 5.16. The number of carboxylic acids is 1. The lowest BCUT2D eigenvalue weighted by Crippen LogP contribution is -2.07. The Labute approximate surface area is 185 Å². The average molecular weight is 428 g/mol. The van der Waals surface area contributed by atoms with Crippen molar-refractivity contribution < 1.29 is 19.1 Å². The highest BCUT2D eigenvalue weighted by atomic mass is 16.5. The second kappa shape index (κ2) is 8.04. The number of carbonyl (C=O) groups is 1. The molecule has 0 fully saturated rings. The largest absolute Gasteiger partial charge is 0.493 e. The molecule has 32 heavy (non-hydrogen) atoms. The van der Waals surface area contributed by atoms with Gasteiger partial charge >= 0.3 is 5.97 Å². The normalized spacial score (nSPS) is 14.9. The third kappa shape index (κ3) is 3.58. The van der Waals surface area contributed by atoms with Crippen LogP contribution in [0.25, 0.3) is 22.2 Å². The second-order valence-electron chi connectivity index (χ2n) is 8.19. The van der Waals surface area contributed by atoms with E-state index in [2.05, 4.69) is 35.4 Å². The highest BCUT2D eigenvalue weighted by molar-refractivity contribution is 5.93. The number of carboxylic acid groups (broad SMARTS) is 1. The van der Waals surface area contributed by atoms with Crippen molar-refractivity contribution in [2.24, 2.45) is 0 Å². The number of nitrogens with zero attached hydrogens (tertiary/aromatic N) is 1. The van der Waals surface area contributed by atoms with Gasteiger partial charge in [0.15, 0.2) is 5.58 Å². The first-order valence-electron chi connectivity index (χ1n) is 10.7. The maximum atomic E-state index is 11.1. The van der Waals surface area contributed by atoms with Crippen molar-refractivity contribution in [2.45, 2.75) is 32.7 Å². The van der Waals surface area contributed by atoms with Crippen LogP contribution in [0.3, 0.4) is 0 Å². The fourth-order valence-corrected chi connectivity index (χ4v) is 4.47. The molecule has 0 aliphatic carbocycles. The van der Waals surface area contributed by atoms with E-state index in [1.54, 1.807) is 6.20 Å². The minimum absolute atomic E-state index is 0.0860. The van der Waals surface area contributed by atoms with Crippen molar-refractivity contribution in [1.82, 2.24) is 4.98 Å². The molecular formula is C26H24N2O4. The third-order valence-electron chi connectivity index (χ3n) is 6.14. The summed E-state index contributed by atoms with van der Waals surface area (Å²) in [6.07, 6.45) is 1.88. The molecule has 4 aromatic rings. The quantitative estimate of drug-likeness (QED) is 0.411. The van der Waals surface area contributed by atoms with Crippen LogP contribution in [0.4, 0.5) is 5.69 Å². The molecule has 5 rings (SSSR count).